The minimum Gasteiger partial charge on any atom is -0.369 e. The number of benzene rings is 1. The Morgan fingerprint density at radius 3 is 2.89 bits per heavy atom. The van der Waals surface area contributed by atoms with Crippen LogP contribution in [0.1, 0.15) is 18.7 Å². The average molecular weight is 468 g/mol. The minimum absolute atomic E-state index is 0.148. The highest BCUT2D eigenvalue weighted by molar-refractivity contribution is 6.03. The summed E-state index contributed by atoms with van der Waals surface area (Å²) in [6, 6.07) is 13.2. The summed E-state index contributed by atoms with van der Waals surface area (Å²) in [5.74, 6) is 0.202. The Morgan fingerprint density at radius 1 is 1.14 bits per heavy atom. The maximum absolute atomic E-state index is 12.1. The summed E-state index contributed by atoms with van der Waals surface area (Å²) in [5, 5.41) is 10.4. The molecule has 3 N–H and O–H groups in total. The molecular formula is C26H25N7O2. The second-order valence-electron chi connectivity index (χ2n) is 8.23. The molecular weight excluding hydrogens is 442 g/mol. The van der Waals surface area contributed by atoms with Gasteiger partial charge in [0.15, 0.2) is 0 Å². The third-order valence-corrected chi connectivity index (χ3v) is 5.61. The zero-order valence-electron chi connectivity index (χ0n) is 19.3. The predicted octanol–water partition coefficient (Wildman–Crippen LogP) is 4.01. The van der Waals surface area contributed by atoms with Crippen LogP contribution in [0, 0.1) is 0 Å². The van der Waals surface area contributed by atoms with E-state index in [0.29, 0.717) is 36.1 Å². The highest BCUT2D eigenvalue weighted by Gasteiger charge is 2.21. The first-order valence-corrected chi connectivity index (χ1v) is 11.3. The molecule has 9 nitrogen and oxygen atoms in total. The van der Waals surface area contributed by atoms with Crippen molar-refractivity contribution in [2.75, 3.05) is 30.3 Å². The van der Waals surface area contributed by atoms with Crippen LogP contribution in [0.2, 0.25) is 0 Å². The molecule has 176 valence electrons. The van der Waals surface area contributed by atoms with Crippen molar-refractivity contribution in [2.24, 2.45) is 0 Å². The Labute approximate surface area is 202 Å². The van der Waals surface area contributed by atoms with Crippen LogP contribution in [0.4, 0.5) is 17.3 Å². The number of anilines is 3. The minimum atomic E-state index is -0.238. The summed E-state index contributed by atoms with van der Waals surface area (Å²) in [6.45, 7) is 7.51. The number of fused-ring (bicyclic) bond motifs is 1. The number of amides is 1. The monoisotopic (exact) mass is 467 g/mol. The summed E-state index contributed by atoms with van der Waals surface area (Å²) in [4.78, 5) is 30.4. The van der Waals surface area contributed by atoms with Crippen LogP contribution in [0.5, 0.6) is 0 Å². The summed E-state index contributed by atoms with van der Waals surface area (Å²) >= 11 is 0. The van der Waals surface area contributed by atoms with Crippen molar-refractivity contribution < 1.29 is 9.53 Å². The zero-order valence-corrected chi connectivity index (χ0v) is 19.3. The van der Waals surface area contributed by atoms with Crippen LogP contribution in [-0.2, 0) is 9.53 Å². The number of hydrogen-bond acceptors (Lipinski definition) is 8. The lowest BCUT2D eigenvalue weighted by Gasteiger charge is -2.24. The first kappa shape index (κ1) is 22.6. The fourth-order valence-corrected chi connectivity index (χ4v) is 3.86. The first-order chi connectivity index (χ1) is 17.1. The molecule has 0 spiro atoms. The van der Waals surface area contributed by atoms with Crippen molar-refractivity contribution in [2.45, 2.75) is 13.0 Å². The maximum Gasteiger partial charge on any atom is 0.250 e. The van der Waals surface area contributed by atoms with E-state index in [4.69, 9.17) is 9.72 Å². The molecule has 1 aliphatic heterocycles. The highest BCUT2D eigenvalue weighted by Crippen LogP contribution is 2.30. The van der Waals surface area contributed by atoms with Crippen molar-refractivity contribution in [3.05, 3.63) is 78.9 Å². The Morgan fingerprint density at radius 2 is 2.06 bits per heavy atom. The Bertz CT molecular complexity index is 1400. The molecule has 3 aromatic heterocycles. The van der Waals surface area contributed by atoms with Gasteiger partial charge in [0.05, 0.1) is 29.2 Å². The molecule has 0 saturated carbocycles. The number of para-hydroxylation sites is 1. The van der Waals surface area contributed by atoms with E-state index < -0.39 is 0 Å². The zero-order chi connectivity index (χ0) is 24.2. The van der Waals surface area contributed by atoms with Gasteiger partial charge < -0.3 is 20.7 Å². The smallest absolute Gasteiger partial charge is 0.250 e. The number of morpholine rings is 1. The van der Waals surface area contributed by atoms with E-state index in [9.17, 15) is 4.79 Å². The SMILES string of the molecule is C=C(C)C(=O)Nc1ccnc(-c2cccc3cnc(Nc4cccnc4C4CNCCO4)nc23)c1. The van der Waals surface area contributed by atoms with E-state index in [1.807, 2.05) is 36.4 Å². The van der Waals surface area contributed by atoms with Gasteiger partial charge in [-0.05, 0) is 31.2 Å². The van der Waals surface area contributed by atoms with Crippen molar-refractivity contribution in [3.63, 3.8) is 0 Å². The molecule has 0 aliphatic carbocycles. The van der Waals surface area contributed by atoms with Crippen LogP contribution in [0.15, 0.2) is 73.2 Å². The third kappa shape index (κ3) is 5.01. The van der Waals surface area contributed by atoms with Gasteiger partial charge >= 0.3 is 0 Å². The van der Waals surface area contributed by atoms with Gasteiger partial charge in [0.25, 0.3) is 5.91 Å². The van der Waals surface area contributed by atoms with Crippen molar-refractivity contribution in [1.82, 2.24) is 25.3 Å². The lowest BCUT2D eigenvalue weighted by Crippen LogP contribution is -2.34. The van der Waals surface area contributed by atoms with Gasteiger partial charge in [0.2, 0.25) is 5.95 Å². The van der Waals surface area contributed by atoms with Crippen LogP contribution < -0.4 is 16.0 Å². The molecule has 0 bridgehead atoms. The molecule has 4 aromatic rings. The number of aromatic nitrogens is 4. The summed E-state index contributed by atoms with van der Waals surface area (Å²) < 4.78 is 5.89. The molecule has 1 unspecified atom stereocenters. The molecule has 0 radical (unpaired) electrons. The van der Waals surface area contributed by atoms with E-state index in [2.05, 4.69) is 37.5 Å². The van der Waals surface area contributed by atoms with Crippen LogP contribution in [0.25, 0.3) is 22.2 Å². The van der Waals surface area contributed by atoms with E-state index in [-0.39, 0.29) is 12.0 Å². The number of nitrogens with one attached hydrogen (secondary N) is 3. The van der Waals surface area contributed by atoms with Crippen molar-refractivity contribution in [1.29, 1.82) is 0 Å². The van der Waals surface area contributed by atoms with Gasteiger partial charge in [-0.25, -0.2) is 9.97 Å². The van der Waals surface area contributed by atoms with E-state index in [1.165, 1.54) is 0 Å². The van der Waals surface area contributed by atoms with Gasteiger partial charge in [-0.1, -0.05) is 24.8 Å². The maximum atomic E-state index is 12.1. The number of nitrogens with zero attached hydrogens (tertiary/aromatic N) is 4. The number of pyridine rings is 2. The molecule has 1 saturated heterocycles. The lowest BCUT2D eigenvalue weighted by molar-refractivity contribution is -0.112. The normalized spacial score (nSPS) is 15.5. The number of rotatable bonds is 6. The van der Waals surface area contributed by atoms with Gasteiger partial charge in [-0.15, -0.1) is 0 Å². The van der Waals surface area contributed by atoms with Crippen LogP contribution in [0.3, 0.4) is 0 Å². The highest BCUT2D eigenvalue weighted by atomic mass is 16.5. The Hall–Kier alpha value is -4.21. The molecule has 5 rings (SSSR count). The largest absolute Gasteiger partial charge is 0.369 e. The molecule has 4 heterocycles. The predicted molar refractivity (Wildman–Crippen MR) is 135 cm³/mol. The van der Waals surface area contributed by atoms with E-state index in [0.717, 1.165) is 34.4 Å². The second kappa shape index (κ2) is 9.96. The van der Waals surface area contributed by atoms with Crippen molar-refractivity contribution >= 4 is 34.1 Å². The molecule has 9 heteroatoms. The third-order valence-electron chi connectivity index (χ3n) is 5.61. The number of hydrogen-bond donors (Lipinski definition) is 3. The van der Waals surface area contributed by atoms with E-state index >= 15 is 0 Å². The molecule has 1 aliphatic rings. The fraction of sp³-hybridized carbons (Fsp3) is 0.192. The number of carbonyl (C=O) groups excluding carboxylic acids is 1. The Kier molecular flexibility index (Phi) is 6.42. The topological polar surface area (TPSA) is 114 Å². The molecule has 1 atom stereocenters. The van der Waals surface area contributed by atoms with E-state index in [1.54, 1.807) is 31.6 Å². The van der Waals surface area contributed by atoms with Gasteiger partial charge in [0, 0.05) is 53.9 Å². The van der Waals surface area contributed by atoms with Crippen molar-refractivity contribution in [3.8, 4) is 11.3 Å². The molecule has 35 heavy (non-hydrogen) atoms. The number of carbonyl (C=O) groups is 1. The fourth-order valence-electron chi connectivity index (χ4n) is 3.86. The van der Waals surface area contributed by atoms with Crippen LogP contribution >= 0.6 is 0 Å². The average Bonchev–Trinajstić information content (AvgIpc) is 2.89. The summed E-state index contributed by atoms with van der Waals surface area (Å²) in [7, 11) is 0. The van der Waals surface area contributed by atoms with Gasteiger partial charge in [-0.3, -0.25) is 14.8 Å². The first-order valence-electron chi connectivity index (χ1n) is 11.3. The number of ether oxygens (including phenoxy) is 1. The second-order valence-corrected chi connectivity index (χ2v) is 8.23. The summed E-state index contributed by atoms with van der Waals surface area (Å²) in [5.41, 5.74) is 4.91. The molecule has 1 fully saturated rings. The Balaban J connectivity index is 1.49. The van der Waals surface area contributed by atoms with Crippen LogP contribution in [-0.4, -0.2) is 45.5 Å². The summed E-state index contributed by atoms with van der Waals surface area (Å²) in [6.07, 6.45) is 5.03. The quantitative estimate of drug-likeness (QED) is 0.365. The van der Waals surface area contributed by atoms with Gasteiger partial charge in [0.1, 0.15) is 6.10 Å². The van der Waals surface area contributed by atoms with Gasteiger partial charge in [-0.2, -0.15) is 0 Å². The molecule has 1 amide bonds. The lowest BCUT2D eigenvalue weighted by atomic mass is 10.1. The standard InChI is InChI=1S/C26H25N7O2/c1-16(2)25(34)31-18-8-10-28-21(13-18)19-6-3-5-17-14-30-26(33-23(17)19)32-20-7-4-9-29-24(20)22-15-27-11-12-35-22/h3-10,13-14,22,27H,1,11-12,15H2,2H3,(H,28,31,34)(H,30,32,33). The molecule has 1 aromatic carbocycles.